The third-order valence-corrected chi connectivity index (χ3v) is 4.34. The van der Waals surface area contributed by atoms with Crippen LogP contribution in [0.1, 0.15) is 21.5 Å². The predicted molar refractivity (Wildman–Crippen MR) is 110 cm³/mol. The number of ketones is 1. The third-order valence-electron chi connectivity index (χ3n) is 4.09. The van der Waals surface area contributed by atoms with Gasteiger partial charge in [-0.3, -0.25) is 4.79 Å². The Bertz CT molecular complexity index is 976. The molecule has 0 radical (unpaired) electrons. The lowest BCUT2D eigenvalue weighted by Crippen LogP contribution is -1.99. The number of benzene rings is 3. The Balaban J connectivity index is 1.73. The van der Waals surface area contributed by atoms with Crippen molar-refractivity contribution in [2.75, 3.05) is 7.11 Å². The molecule has 0 fully saturated rings. The van der Waals surface area contributed by atoms with Gasteiger partial charge in [-0.1, -0.05) is 23.7 Å². The molecule has 142 valence electrons. The van der Waals surface area contributed by atoms with Crippen molar-refractivity contribution in [3.8, 4) is 17.2 Å². The van der Waals surface area contributed by atoms with Crippen LogP contribution in [0, 0.1) is 0 Å². The van der Waals surface area contributed by atoms with E-state index >= 15 is 0 Å². The third kappa shape index (κ3) is 5.15. The molecule has 0 aliphatic carbocycles. The van der Waals surface area contributed by atoms with Crippen molar-refractivity contribution in [3.63, 3.8) is 0 Å². The molecule has 0 saturated carbocycles. The van der Waals surface area contributed by atoms with Crippen molar-refractivity contribution in [1.29, 1.82) is 0 Å². The van der Waals surface area contributed by atoms with Gasteiger partial charge in [0, 0.05) is 16.1 Å². The summed E-state index contributed by atoms with van der Waals surface area (Å²) in [5.74, 6) is 1.39. The van der Waals surface area contributed by atoms with E-state index in [2.05, 4.69) is 0 Å². The van der Waals surface area contributed by atoms with Crippen LogP contribution in [0.4, 0.5) is 0 Å². The van der Waals surface area contributed by atoms with Crippen molar-refractivity contribution in [2.45, 2.75) is 6.61 Å². The van der Waals surface area contributed by atoms with Crippen LogP contribution < -0.4 is 9.47 Å². The second kappa shape index (κ2) is 9.11. The number of halogens is 1. The molecular weight excluding hydrogens is 376 g/mol. The first kappa shape index (κ1) is 19.5. The molecule has 3 aromatic rings. The summed E-state index contributed by atoms with van der Waals surface area (Å²) in [6, 6.07) is 18.9. The van der Waals surface area contributed by atoms with E-state index in [-0.39, 0.29) is 11.5 Å². The molecule has 4 nitrogen and oxygen atoms in total. The molecule has 0 saturated heterocycles. The van der Waals surface area contributed by atoms with E-state index in [9.17, 15) is 9.90 Å². The number of hydrogen-bond acceptors (Lipinski definition) is 4. The summed E-state index contributed by atoms with van der Waals surface area (Å²) in [5.41, 5.74) is 2.22. The number of phenols is 1. The maximum absolute atomic E-state index is 12.2. The van der Waals surface area contributed by atoms with Gasteiger partial charge >= 0.3 is 0 Å². The quantitative estimate of drug-likeness (QED) is 0.423. The summed E-state index contributed by atoms with van der Waals surface area (Å²) in [6.07, 6.45) is 3.23. The minimum Gasteiger partial charge on any atom is -0.508 e. The fourth-order valence-corrected chi connectivity index (χ4v) is 2.73. The van der Waals surface area contributed by atoms with Crippen molar-refractivity contribution in [1.82, 2.24) is 0 Å². The predicted octanol–water partition coefficient (Wildman–Crippen LogP) is 5.53. The van der Waals surface area contributed by atoms with E-state index in [1.54, 1.807) is 49.6 Å². The van der Waals surface area contributed by atoms with E-state index in [1.807, 2.05) is 18.2 Å². The van der Waals surface area contributed by atoms with Gasteiger partial charge in [-0.05, 0) is 72.3 Å². The van der Waals surface area contributed by atoms with E-state index in [4.69, 9.17) is 21.1 Å². The SMILES string of the molecule is COc1ccc(/C=C/C(=O)c2ccc(O)cc2)cc1COc1ccc(Cl)cc1. The number of carbonyl (C=O) groups is 1. The van der Waals surface area contributed by atoms with Crippen LogP contribution in [-0.4, -0.2) is 18.0 Å². The van der Waals surface area contributed by atoms with Crippen LogP contribution in [0.25, 0.3) is 6.08 Å². The monoisotopic (exact) mass is 394 g/mol. The fourth-order valence-electron chi connectivity index (χ4n) is 2.60. The van der Waals surface area contributed by atoms with Gasteiger partial charge in [0.15, 0.2) is 5.78 Å². The molecule has 1 N–H and O–H groups in total. The highest BCUT2D eigenvalue weighted by molar-refractivity contribution is 6.30. The fraction of sp³-hybridized carbons (Fsp3) is 0.0870. The highest BCUT2D eigenvalue weighted by atomic mass is 35.5. The molecule has 0 atom stereocenters. The van der Waals surface area contributed by atoms with Crippen molar-refractivity contribution in [3.05, 3.63) is 94.5 Å². The molecule has 3 rings (SSSR count). The summed E-state index contributed by atoms with van der Waals surface area (Å²) in [5, 5.41) is 9.96. The molecule has 0 heterocycles. The van der Waals surface area contributed by atoms with E-state index in [0.29, 0.717) is 28.7 Å². The highest BCUT2D eigenvalue weighted by Gasteiger charge is 2.06. The van der Waals surface area contributed by atoms with E-state index in [0.717, 1.165) is 11.1 Å². The first-order chi connectivity index (χ1) is 13.5. The van der Waals surface area contributed by atoms with Crippen LogP contribution in [0.2, 0.25) is 5.02 Å². The van der Waals surface area contributed by atoms with Crippen molar-refractivity contribution >= 4 is 23.5 Å². The highest BCUT2D eigenvalue weighted by Crippen LogP contribution is 2.24. The van der Waals surface area contributed by atoms with Gasteiger partial charge in [0.05, 0.1) is 7.11 Å². The van der Waals surface area contributed by atoms with Crippen LogP contribution in [-0.2, 0) is 6.61 Å². The smallest absolute Gasteiger partial charge is 0.185 e. The average molecular weight is 395 g/mol. The molecule has 3 aromatic carbocycles. The Morgan fingerprint density at radius 2 is 1.75 bits per heavy atom. The minimum atomic E-state index is -0.144. The topological polar surface area (TPSA) is 55.8 Å². The summed E-state index contributed by atoms with van der Waals surface area (Å²) in [4.78, 5) is 12.2. The Hall–Kier alpha value is -3.24. The molecule has 0 bridgehead atoms. The molecule has 0 amide bonds. The standard InChI is InChI=1S/C23H19ClO4/c1-27-23-13-3-16(2-12-22(26)17-4-8-20(25)9-5-17)14-18(23)15-28-21-10-6-19(24)7-11-21/h2-14,25H,15H2,1H3/b12-2+. The van der Waals surface area contributed by atoms with E-state index in [1.165, 1.54) is 18.2 Å². The molecule has 0 unspecified atom stereocenters. The van der Waals surface area contributed by atoms with Crippen LogP contribution in [0.15, 0.2) is 72.8 Å². The molecule has 5 heteroatoms. The molecule has 0 spiro atoms. The van der Waals surface area contributed by atoms with Crippen molar-refractivity contribution in [2.24, 2.45) is 0 Å². The summed E-state index contributed by atoms with van der Waals surface area (Å²) in [7, 11) is 1.60. The summed E-state index contributed by atoms with van der Waals surface area (Å²) in [6.45, 7) is 0.318. The minimum absolute atomic E-state index is 0.126. The Morgan fingerprint density at radius 1 is 1.04 bits per heavy atom. The number of phenolic OH excluding ortho intramolecular Hbond substituents is 1. The Labute approximate surface area is 168 Å². The Kier molecular flexibility index (Phi) is 6.35. The zero-order valence-corrected chi connectivity index (χ0v) is 16.0. The summed E-state index contributed by atoms with van der Waals surface area (Å²) >= 11 is 5.89. The molecule has 0 aromatic heterocycles. The van der Waals surface area contributed by atoms with Crippen LogP contribution in [0.3, 0.4) is 0 Å². The average Bonchev–Trinajstić information content (AvgIpc) is 2.72. The molecule has 0 aliphatic heterocycles. The zero-order valence-electron chi connectivity index (χ0n) is 15.3. The lowest BCUT2D eigenvalue weighted by atomic mass is 10.1. The van der Waals surface area contributed by atoms with Gasteiger partial charge in [0.2, 0.25) is 0 Å². The van der Waals surface area contributed by atoms with Gasteiger partial charge < -0.3 is 14.6 Å². The first-order valence-electron chi connectivity index (χ1n) is 8.62. The largest absolute Gasteiger partial charge is 0.508 e. The van der Waals surface area contributed by atoms with Gasteiger partial charge in [0.1, 0.15) is 23.9 Å². The van der Waals surface area contributed by atoms with Crippen LogP contribution >= 0.6 is 11.6 Å². The number of hydrogen-bond donors (Lipinski definition) is 1. The van der Waals surface area contributed by atoms with Gasteiger partial charge in [-0.2, -0.15) is 0 Å². The normalized spacial score (nSPS) is 10.8. The second-order valence-electron chi connectivity index (χ2n) is 6.06. The number of aromatic hydroxyl groups is 1. The summed E-state index contributed by atoms with van der Waals surface area (Å²) < 4.78 is 11.2. The number of ether oxygens (including phenoxy) is 2. The first-order valence-corrected chi connectivity index (χ1v) is 8.99. The Morgan fingerprint density at radius 3 is 2.43 bits per heavy atom. The molecule has 0 aliphatic rings. The lowest BCUT2D eigenvalue weighted by molar-refractivity contribution is 0.104. The molecule has 28 heavy (non-hydrogen) atoms. The van der Waals surface area contributed by atoms with Crippen molar-refractivity contribution < 1.29 is 19.4 Å². The lowest BCUT2D eigenvalue weighted by Gasteiger charge is -2.11. The maximum atomic E-state index is 12.2. The number of methoxy groups -OCH3 is 1. The van der Waals surface area contributed by atoms with Gasteiger partial charge in [-0.15, -0.1) is 0 Å². The zero-order chi connectivity index (χ0) is 19.9. The van der Waals surface area contributed by atoms with Gasteiger partial charge in [-0.25, -0.2) is 0 Å². The number of carbonyl (C=O) groups excluding carboxylic acids is 1. The van der Waals surface area contributed by atoms with E-state index < -0.39 is 0 Å². The van der Waals surface area contributed by atoms with Gasteiger partial charge in [0.25, 0.3) is 0 Å². The van der Waals surface area contributed by atoms with Crippen LogP contribution in [0.5, 0.6) is 17.2 Å². The maximum Gasteiger partial charge on any atom is 0.185 e. The number of rotatable bonds is 7. The second-order valence-corrected chi connectivity index (χ2v) is 6.49. The number of allylic oxidation sites excluding steroid dienone is 1. The molecular formula is C23H19ClO4.